The van der Waals surface area contributed by atoms with Crippen LogP contribution in [-0.4, -0.2) is 24.0 Å². The number of nitrogens with one attached hydrogen (secondary N) is 2. The topological polar surface area (TPSA) is 78.4 Å². The van der Waals surface area contributed by atoms with Gasteiger partial charge in [-0.25, -0.2) is 4.39 Å². The smallest absolute Gasteiger partial charge is 0.254 e. The fourth-order valence-electron chi connectivity index (χ4n) is 1.90. The van der Waals surface area contributed by atoms with Gasteiger partial charge >= 0.3 is 0 Å². The van der Waals surface area contributed by atoms with Crippen LogP contribution in [0.2, 0.25) is 0 Å². The highest BCUT2D eigenvalue weighted by molar-refractivity contribution is 6.03. The number of hydrogen-bond donors (Lipinski definition) is 3. The van der Waals surface area contributed by atoms with Gasteiger partial charge in [0.1, 0.15) is 11.6 Å². The van der Waals surface area contributed by atoms with Crippen LogP contribution in [0.4, 0.5) is 10.1 Å². The van der Waals surface area contributed by atoms with Crippen LogP contribution >= 0.6 is 0 Å². The lowest BCUT2D eigenvalue weighted by Crippen LogP contribution is -2.19. The van der Waals surface area contributed by atoms with E-state index in [2.05, 4.69) is 10.6 Å². The van der Waals surface area contributed by atoms with Gasteiger partial charge in [-0.15, -0.1) is 0 Å². The largest absolute Gasteiger partial charge is 0.508 e. The average molecular weight is 314 g/mol. The molecule has 2 rings (SSSR count). The normalized spacial score (nSPS) is 10.5. The molecular formula is C17H15FN2O3. The van der Waals surface area contributed by atoms with Crippen molar-refractivity contribution < 1.29 is 19.1 Å². The predicted octanol–water partition coefficient (Wildman–Crippen LogP) is 2.54. The Hall–Kier alpha value is -3.15. The van der Waals surface area contributed by atoms with Gasteiger partial charge in [0, 0.05) is 18.8 Å². The van der Waals surface area contributed by atoms with Crippen LogP contribution in [0.5, 0.6) is 5.75 Å². The van der Waals surface area contributed by atoms with Gasteiger partial charge in [-0.3, -0.25) is 9.59 Å². The summed E-state index contributed by atoms with van der Waals surface area (Å²) < 4.78 is 13.5. The zero-order valence-corrected chi connectivity index (χ0v) is 12.3. The summed E-state index contributed by atoms with van der Waals surface area (Å²) >= 11 is 0. The summed E-state index contributed by atoms with van der Waals surface area (Å²) in [6, 6.07) is 10.1. The highest BCUT2D eigenvalue weighted by Gasteiger charge is 2.11. The van der Waals surface area contributed by atoms with Crippen molar-refractivity contribution >= 4 is 23.6 Å². The number of halogens is 1. The molecule has 6 heteroatoms. The van der Waals surface area contributed by atoms with Crippen molar-refractivity contribution in [1.82, 2.24) is 5.32 Å². The lowest BCUT2D eigenvalue weighted by atomic mass is 10.1. The van der Waals surface area contributed by atoms with E-state index in [1.165, 1.54) is 43.5 Å². The first kappa shape index (κ1) is 16.2. The molecule has 0 heterocycles. The van der Waals surface area contributed by atoms with Crippen molar-refractivity contribution in [2.75, 3.05) is 12.4 Å². The minimum absolute atomic E-state index is 0.0984. The SMILES string of the molecule is CNC(=O)c1cc(NC(=O)/C=C/c2cccc(O)c2)ccc1F. The minimum Gasteiger partial charge on any atom is -0.508 e. The highest BCUT2D eigenvalue weighted by Crippen LogP contribution is 2.15. The molecule has 5 nitrogen and oxygen atoms in total. The van der Waals surface area contributed by atoms with Crippen molar-refractivity contribution in [1.29, 1.82) is 0 Å². The van der Waals surface area contributed by atoms with E-state index >= 15 is 0 Å². The second-order valence-corrected chi connectivity index (χ2v) is 4.69. The Morgan fingerprint density at radius 1 is 1.17 bits per heavy atom. The lowest BCUT2D eigenvalue weighted by Gasteiger charge is -2.06. The molecule has 0 bridgehead atoms. The van der Waals surface area contributed by atoms with E-state index in [1.807, 2.05) is 0 Å². The molecule has 118 valence electrons. The molecule has 0 spiro atoms. The Morgan fingerprint density at radius 3 is 2.65 bits per heavy atom. The molecule has 0 aliphatic heterocycles. The average Bonchev–Trinajstić information content (AvgIpc) is 2.54. The third-order valence-corrected chi connectivity index (χ3v) is 3.00. The summed E-state index contributed by atoms with van der Waals surface area (Å²) in [5, 5.41) is 14.2. The van der Waals surface area contributed by atoms with Gasteiger partial charge in [-0.2, -0.15) is 0 Å². The van der Waals surface area contributed by atoms with Crippen LogP contribution in [0.15, 0.2) is 48.5 Å². The second-order valence-electron chi connectivity index (χ2n) is 4.69. The number of phenolic OH excluding ortho intramolecular Hbond substituents is 1. The number of rotatable bonds is 4. The van der Waals surface area contributed by atoms with Gasteiger partial charge in [0.25, 0.3) is 5.91 Å². The van der Waals surface area contributed by atoms with Crippen LogP contribution in [-0.2, 0) is 4.79 Å². The highest BCUT2D eigenvalue weighted by atomic mass is 19.1. The molecule has 0 fully saturated rings. The molecular weight excluding hydrogens is 299 g/mol. The molecule has 2 aromatic carbocycles. The van der Waals surface area contributed by atoms with Crippen molar-refractivity contribution in [3.8, 4) is 5.75 Å². The summed E-state index contributed by atoms with van der Waals surface area (Å²) in [6.07, 6.45) is 2.80. The van der Waals surface area contributed by atoms with Gasteiger partial charge in [0.15, 0.2) is 0 Å². The van der Waals surface area contributed by atoms with E-state index in [9.17, 15) is 19.1 Å². The first-order valence-corrected chi connectivity index (χ1v) is 6.79. The number of amides is 2. The second kappa shape index (κ2) is 7.22. The quantitative estimate of drug-likeness (QED) is 0.759. The number of phenols is 1. The zero-order chi connectivity index (χ0) is 16.8. The van der Waals surface area contributed by atoms with Crippen LogP contribution in [0, 0.1) is 5.82 Å². The van der Waals surface area contributed by atoms with Crippen LogP contribution in [0.25, 0.3) is 6.08 Å². The van der Waals surface area contributed by atoms with Crippen LogP contribution in [0.1, 0.15) is 15.9 Å². The first-order chi connectivity index (χ1) is 11.0. The van der Waals surface area contributed by atoms with Crippen molar-refractivity contribution in [3.63, 3.8) is 0 Å². The molecule has 0 atom stereocenters. The summed E-state index contributed by atoms with van der Waals surface area (Å²) in [5.41, 5.74) is 0.808. The van der Waals surface area contributed by atoms with E-state index in [4.69, 9.17) is 0 Å². The molecule has 0 saturated carbocycles. The number of benzene rings is 2. The Morgan fingerprint density at radius 2 is 1.96 bits per heavy atom. The van der Waals surface area contributed by atoms with Crippen molar-refractivity contribution in [3.05, 3.63) is 65.5 Å². The number of carbonyl (C=O) groups is 2. The van der Waals surface area contributed by atoms with Crippen LogP contribution < -0.4 is 10.6 Å². The maximum Gasteiger partial charge on any atom is 0.254 e. The molecule has 0 unspecified atom stereocenters. The third-order valence-electron chi connectivity index (χ3n) is 3.00. The van der Waals surface area contributed by atoms with Crippen molar-refractivity contribution in [2.45, 2.75) is 0 Å². The molecule has 3 N–H and O–H groups in total. The third kappa shape index (κ3) is 4.41. The molecule has 2 aromatic rings. The van der Waals surface area contributed by atoms with Gasteiger partial charge in [-0.1, -0.05) is 12.1 Å². The summed E-state index contributed by atoms with van der Waals surface area (Å²) in [7, 11) is 1.39. The van der Waals surface area contributed by atoms with Gasteiger partial charge in [0.05, 0.1) is 5.56 Å². The number of hydrogen-bond acceptors (Lipinski definition) is 3. The Balaban J connectivity index is 2.10. The first-order valence-electron chi connectivity index (χ1n) is 6.79. The molecule has 0 saturated heterocycles. The van der Waals surface area contributed by atoms with E-state index in [1.54, 1.807) is 12.1 Å². The minimum atomic E-state index is -0.669. The molecule has 23 heavy (non-hydrogen) atoms. The summed E-state index contributed by atoms with van der Waals surface area (Å²) in [6.45, 7) is 0. The summed E-state index contributed by atoms with van der Waals surface area (Å²) in [5.74, 6) is -1.59. The molecule has 0 aliphatic rings. The fraction of sp³-hybridized carbons (Fsp3) is 0.0588. The molecule has 2 amide bonds. The Labute approximate surface area is 132 Å². The van der Waals surface area contributed by atoms with E-state index < -0.39 is 17.6 Å². The van der Waals surface area contributed by atoms with Gasteiger partial charge in [-0.05, 0) is 42.0 Å². The number of aromatic hydroxyl groups is 1. The van der Waals surface area contributed by atoms with E-state index in [0.29, 0.717) is 11.3 Å². The number of carbonyl (C=O) groups excluding carboxylic acids is 2. The zero-order valence-electron chi connectivity index (χ0n) is 12.3. The Bertz CT molecular complexity index is 772. The summed E-state index contributed by atoms with van der Waals surface area (Å²) in [4.78, 5) is 23.4. The monoisotopic (exact) mass is 314 g/mol. The maximum absolute atomic E-state index is 13.5. The lowest BCUT2D eigenvalue weighted by molar-refractivity contribution is -0.111. The molecule has 0 aliphatic carbocycles. The van der Waals surface area contributed by atoms with Crippen LogP contribution in [0.3, 0.4) is 0 Å². The van der Waals surface area contributed by atoms with Gasteiger partial charge < -0.3 is 15.7 Å². The van der Waals surface area contributed by atoms with E-state index in [0.717, 1.165) is 6.07 Å². The standard InChI is InChI=1S/C17H15FN2O3/c1-19-17(23)14-10-12(6-7-15(14)18)20-16(22)8-5-11-3-2-4-13(21)9-11/h2-10,21H,1H3,(H,19,23)(H,20,22)/b8-5+. The number of anilines is 1. The molecule has 0 aromatic heterocycles. The maximum atomic E-state index is 13.5. The van der Waals surface area contributed by atoms with Crippen molar-refractivity contribution in [2.24, 2.45) is 0 Å². The van der Waals surface area contributed by atoms with E-state index in [-0.39, 0.29) is 11.3 Å². The fourth-order valence-corrected chi connectivity index (χ4v) is 1.90. The molecule has 0 radical (unpaired) electrons. The Kier molecular flexibility index (Phi) is 5.09. The predicted molar refractivity (Wildman–Crippen MR) is 85.6 cm³/mol. The van der Waals surface area contributed by atoms with Gasteiger partial charge in [0.2, 0.25) is 5.91 Å².